The molecule has 0 aliphatic rings. The Bertz CT molecular complexity index is 1690. The van der Waals surface area contributed by atoms with Crippen molar-refractivity contribution in [3.63, 3.8) is 0 Å². The number of nitrogens with two attached hydrogens (primary N) is 1. The maximum absolute atomic E-state index is 12.1. The molecule has 0 amide bonds. The molecule has 4 rings (SSSR count). The van der Waals surface area contributed by atoms with E-state index >= 15 is 0 Å². The van der Waals surface area contributed by atoms with Gasteiger partial charge in [0.05, 0.1) is 9.79 Å². The number of rotatable bonds is 5. The van der Waals surface area contributed by atoms with Gasteiger partial charge in [0.15, 0.2) is 0 Å². The lowest BCUT2D eigenvalue weighted by Gasteiger charge is -2.08. The number of aryl methyl sites for hydroxylation is 1. The molecule has 0 fully saturated rings. The molecule has 0 atom stereocenters. The van der Waals surface area contributed by atoms with Crippen molar-refractivity contribution in [3.8, 4) is 5.75 Å². The quantitative estimate of drug-likeness (QED) is 0.157. The van der Waals surface area contributed by atoms with Crippen molar-refractivity contribution in [1.29, 1.82) is 0 Å². The third-order valence-corrected chi connectivity index (χ3v) is 8.26. The molecule has 0 saturated heterocycles. The van der Waals surface area contributed by atoms with E-state index in [1.54, 1.807) is 48.5 Å². The van der Waals surface area contributed by atoms with E-state index in [0.717, 1.165) is 16.1 Å². The van der Waals surface area contributed by atoms with Crippen molar-refractivity contribution in [2.45, 2.75) is 23.1 Å². The van der Waals surface area contributed by atoms with E-state index in [9.17, 15) is 30.0 Å². The van der Waals surface area contributed by atoms with Gasteiger partial charge < -0.3 is 10.5 Å². The van der Waals surface area contributed by atoms with Gasteiger partial charge in [-0.2, -0.15) is 0 Å². The van der Waals surface area contributed by atoms with E-state index in [1.165, 1.54) is 30.3 Å². The van der Waals surface area contributed by atoms with Crippen molar-refractivity contribution in [2.75, 3.05) is 10.5 Å². The molecule has 0 radical (unpaired) electrons. The van der Waals surface area contributed by atoms with Crippen LogP contribution in [0.15, 0.2) is 116 Å². The Morgan fingerprint density at radius 1 is 0.780 bits per heavy atom. The third kappa shape index (κ3) is 13.2. The molecule has 7 nitrogen and oxygen atoms in total. The van der Waals surface area contributed by atoms with Gasteiger partial charge in [-0.3, -0.25) is 4.72 Å². The number of alkyl halides is 3. The van der Waals surface area contributed by atoms with Gasteiger partial charge in [-0.25, -0.2) is 16.8 Å². The minimum absolute atomic E-state index is 0.105. The van der Waals surface area contributed by atoms with Crippen molar-refractivity contribution in [2.24, 2.45) is 0 Å². The van der Waals surface area contributed by atoms with Crippen LogP contribution in [0, 0.1) is 6.92 Å². The average molecular weight is 759 g/mol. The third-order valence-electron chi connectivity index (χ3n) is 4.55. The Labute approximate surface area is 257 Å². The standard InChI is InChI=1S/C13H12BrNO2S.C7H6F3NO.C6H4BrClO2S/c1-10-4-2-6-12(8-10)15-18(16,17)13-7-3-5-11(14)9-13;8-7(9,10)12-6-3-1-2-5(11)4-6;7-5-2-1-3-6(4-5)11(8,9)10/h2-9,15H,1H3;1-4H,11H2;1-4H. The highest BCUT2D eigenvalue weighted by atomic mass is 79.9. The Morgan fingerprint density at radius 2 is 1.32 bits per heavy atom. The Balaban J connectivity index is 0.000000225. The molecule has 4 aromatic carbocycles. The zero-order valence-electron chi connectivity index (χ0n) is 20.9. The molecule has 0 heterocycles. The lowest BCUT2D eigenvalue weighted by molar-refractivity contribution is -0.274. The lowest BCUT2D eigenvalue weighted by atomic mass is 10.2. The van der Waals surface area contributed by atoms with Crippen LogP contribution in [-0.2, 0) is 19.1 Å². The van der Waals surface area contributed by atoms with E-state index in [-0.39, 0.29) is 21.2 Å². The number of hydrogen-bond donors (Lipinski definition) is 2. The number of sulfonamides is 1. The first-order valence-corrected chi connectivity index (χ1v) is 16.5. The van der Waals surface area contributed by atoms with Gasteiger partial charge in [-0.15, -0.1) is 13.2 Å². The SMILES string of the molecule is Cc1cccc(NS(=O)(=O)c2cccc(Br)c2)c1.Nc1cccc(OC(F)(F)F)c1.O=S(=O)(Cl)c1cccc(Br)c1. The Morgan fingerprint density at radius 3 is 1.80 bits per heavy atom. The first-order valence-electron chi connectivity index (χ1n) is 11.1. The maximum Gasteiger partial charge on any atom is 0.573 e. The van der Waals surface area contributed by atoms with E-state index < -0.39 is 25.4 Å². The zero-order chi connectivity index (χ0) is 30.8. The van der Waals surface area contributed by atoms with Crippen LogP contribution >= 0.6 is 42.5 Å². The number of ether oxygens (including phenoxy) is 1. The summed E-state index contributed by atoms with van der Waals surface area (Å²) in [5.41, 5.74) is 7.03. The largest absolute Gasteiger partial charge is 0.573 e. The molecule has 0 unspecified atom stereocenters. The van der Waals surface area contributed by atoms with Gasteiger partial charge in [-0.1, -0.05) is 62.2 Å². The van der Waals surface area contributed by atoms with Crippen LogP contribution in [0.3, 0.4) is 0 Å². The van der Waals surface area contributed by atoms with Gasteiger partial charge >= 0.3 is 6.36 Å². The van der Waals surface area contributed by atoms with Crippen LogP contribution in [0.4, 0.5) is 24.5 Å². The maximum atomic E-state index is 12.1. The van der Waals surface area contributed by atoms with Crippen molar-refractivity contribution in [1.82, 2.24) is 0 Å². The monoisotopic (exact) mass is 756 g/mol. The predicted molar refractivity (Wildman–Crippen MR) is 161 cm³/mol. The summed E-state index contributed by atoms with van der Waals surface area (Å²) in [5.74, 6) is -0.303. The second-order valence-corrected chi connectivity index (χ2v) is 14.0. The highest BCUT2D eigenvalue weighted by Gasteiger charge is 2.31. The number of nitrogen functional groups attached to an aromatic ring is 1. The van der Waals surface area contributed by atoms with E-state index in [4.69, 9.17) is 16.4 Å². The number of benzene rings is 4. The van der Waals surface area contributed by atoms with Gasteiger partial charge in [0.25, 0.3) is 19.1 Å². The molecule has 0 aromatic heterocycles. The molecule has 3 N–H and O–H groups in total. The van der Waals surface area contributed by atoms with E-state index in [1.807, 2.05) is 19.1 Å². The number of hydrogen-bond acceptors (Lipinski definition) is 6. The fourth-order valence-corrected chi connectivity index (χ4v) is 5.88. The topological polar surface area (TPSA) is 116 Å². The second kappa shape index (κ2) is 14.9. The molecule has 15 heteroatoms. The van der Waals surface area contributed by atoms with Gasteiger partial charge in [0, 0.05) is 37.1 Å². The van der Waals surface area contributed by atoms with Crippen molar-refractivity contribution >= 4 is 73.0 Å². The first kappa shape index (κ1) is 34.4. The molecule has 0 saturated carbocycles. The number of halogens is 6. The fourth-order valence-electron chi connectivity index (χ4n) is 2.89. The highest BCUT2D eigenvalue weighted by Crippen LogP contribution is 2.24. The molecule has 0 aliphatic heterocycles. The average Bonchev–Trinajstić information content (AvgIpc) is 2.83. The highest BCUT2D eigenvalue weighted by molar-refractivity contribution is 9.10. The zero-order valence-corrected chi connectivity index (χ0v) is 26.5. The molecule has 41 heavy (non-hydrogen) atoms. The van der Waals surface area contributed by atoms with Crippen LogP contribution in [0.5, 0.6) is 5.75 Å². The minimum Gasteiger partial charge on any atom is -0.406 e. The minimum atomic E-state index is -4.66. The van der Waals surface area contributed by atoms with E-state index in [0.29, 0.717) is 10.2 Å². The van der Waals surface area contributed by atoms with E-state index in [2.05, 4.69) is 41.3 Å². The fraction of sp³-hybridized carbons (Fsp3) is 0.0769. The van der Waals surface area contributed by atoms with Crippen molar-refractivity contribution < 1.29 is 34.7 Å². The molecule has 0 aliphatic carbocycles. The first-order chi connectivity index (χ1) is 18.9. The molecular formula is C26H22Br2ClF3N2O5S2. The summed E-state index contributed by atoms with van der Waals surface area (Å²) in [6.45, 7) is 1.91. The van der Waals surface area contributed by atoms with Gasteiger partial charge in [0.1, 0.15) is 5.75 Å². The molecular weight excluding hydrogens is 737 g/mol. The molecule has 220 valence electrons. The summed E-state index contributed by atoms with van der Waals surface area (Å²) >= 11 is 6.39. The normalized spacial score (nSPS) is 11.3. The van der Waals surface area contributed by atoms with Crippen LogP contribution in [0.25, 0.3) is 0 Å². The summed E-state index contributed by atoms with van der Waals surface area (Å²) < 4.78 is 88.1. The summed E-state index contributed by atoms with van der Waals surface area (Å²) in [7, 11) is -2.03. The second-order valence-electron chi connectivity index (χ2n) is 7.95. The molecule has 0 bridgehead atoms. The lowest BCUT2D eigenvalue weighted by Crippen LogP contribution is -2.17. The summed E-state index contributed by atoms with van der Waals surface area (Å²) in [6.07, 6.45) is -4.66. The van der Waals surface area contributed by atoms with Crippen LogP contribution in [0.2, 0.25) is 0 Å². The Kier molecular flexibility index (Phi) is 12.5. The van der Waals surface area contributed by atoms with Gasteiger partial charge in [-0.05, 0) is 73.2 Å². The molecule has 0 spiro atoms. The van der Waals surface area contributed by atoms with Crippen LogP contribution in [0.1, 0.15) is 5.56 Å². The number of anilines is 2. The summed E-state index contributed by atoms with van der Waals surface area (Å²) in [4.78, 5) is 0.340. The van der Waals surface area contributed by atoms with Crippen molar-refractivity contribution in [3.05, 3.63) is 112 Å². The number of nitrogens with one attached hydrogen (secondary N) is 1. The summed E-state index contributed by atoms with van der Waals surface area (Å²) in [5, 5.41) is 0. The molecule has 4 aromatic rings. The van der Waals surface area contributed by atoms with Crippen LogP contribution in [-0.4, -0.2) is 23.2 Å². The summed E-state index contributed by atoms with van der Waals surface area (Å²) in [6, 6.07) is 25.2. The van der Waals surface area contributed by atoms with Crippen LogP contribution < -0.4 is 15.2 Å². The Hall–Kier alpha value is -2.78. The predicted octanol–water partition coefficient (Wildman–Crippen LogP) is 8.10. The smallest absolute Gasteiger partial charge is 0.406 e. The van der Waals surface area contributed by atoms with Gasteiger partial charge in [0.2, 0.25) is 0 Å².